The highest BCUT2D eigenvalue weighted by Crippen LogP contribution is 2.32. The number of benzene rings is 2. The molecule has 16 heavy (non-hydrogen) atoms. The largest absolute Gasteiger partial charge is 0.388 e. The summed E-state index contributed by atoms with van der Waals surface area (Å²) in [5, 5.41) is 13.3. The van der Waals surface area contributed by atoms with Crippen LogP contribution in [0.1, 0.15) is 17.9 Å². The van der Waals surface area contributed by atoms with Gasteiger partial charge in [0.25, 0.3) is 0 Å². The Labute approximate surface area is 98.0 Å². The van der Waals surface area contributed by atoms with Crippen LogP contribution in [0.4, 0.5) is 0 Å². The third-order valence-electron chi connectivity index (χ3n) is 2.82. The molecular formula is C14H12OS. The summed E-state index contributed by atoms with van der Waals surface area (Å²) in [7, 11) is 0. The van der Waals surface area contributed by atoms with Crippen molar-refractivity contribution in [2.75, 3.05) is 0 Å². The van der Waals surface area contributed by atoms with Gasteiger partial charge in [0.15, 0.2) is 0 Å². The van der Waals surface area contributed by atoms with Crippen LogP contribution in [-0.2, 0) is 0 Å². The van der Waals surface area contributed by atoms with Crippen molar-refractivity contribution < 1.29 is 5.11 Å². The van der Waals surface area contributed by atoms with Crippen molar-refractivity contribution in [1.29, 1.82) is 0 Å². The highest BCUT2D eigenvalue weighted by molar-refractivity contribution is 7.19. The summed E-state index contributed by atoms with van der Waals surface area (Å²) in [4.78, 5) is 1.03. The van der Waals surface area contributed by atoms with E-state index in [2.05, 4.69) is 42.5 Å². The molecule has 0 aliphatic rings. The Morgan fingerprint density at radius 1 is 1.00 bits per heavy atom. The van der Waals surface area contributed by atoms with Crippen LogP contribution in [0.2, 0.25) is 0 Å². The Morgan fingerprint density at radius 2 is 1.69 bits per heavy atom. The molecule has 1 heterocycles. The molecule has 1 atom stereocenters. The van der Waals surface area contributed by atoms with Gasteiger partial charge in [-0.1, -0.05) is 24.3 Å². The minimum atomic E-state index is -0.375. The number of rotatable bonds is 1. The average molecular weight is 228 g/mol. The molecule has 0 bridgehead atoms. The topological polar surface area (TPSA) is 20.2 Å². The van der Waals surface area contributed by atoms with Gasteiger partial charge in [-0.05, 0) is 41.3 Å². The van der Waals surface area contributed by atoms with E-state index in [1.807, 2.05) is 6.92 Å². The lowest BCUT2D eigenvalue weighted by atomic mass is 10.1. The molecule has 0 fully saturated rings. The Bertz CT molecular complexity index is 599. The molecule has 2 heteroatoms. The first-order valence-electron chi connectivity index (χ1n) is 5.34. The Hall–Kier alpha value is -1.38. The van der Waals surface area contributed by atoms with E-state index in [0.29, 0.717) is 0 Å². The molecule has 0 aliphatic carbocycles. The molecule has 3 rings (SSSR count). The van der Waals surface area contributed by atoms with E-state index in [9.17, 15) is 5.11 Å². The third-order valence-corrected chi connectivity index (χ3v) is 4.08. The smallest absolute Gasteiger partial charge is 0.0854 e. The molecule has 0 saturated heterocycles. The van der Waals surface area contributed by atoms with Crippen LogP contribution >= 0.6 is 11.3 Å². The molecule has 1 aromatic heterocycles. The highest BCUT2D eigenvalue weighted by atomic mass is 32.1. The molecule has 2 aromatic carbocycles. The number of aliphatic hydroxyl groups excluding tert-OH is 1. The van der Waals surface area contributed by atoms with E-state index >= 15 is 0 Å². The van der Waals surface area contributed by atoms with Gasteiger partial charge in [-0.3, -0.25) is 0 Å². The molecule has 0 aliphatic heterocycles. The van der Waals surface area contributed by atoms with Gasteiger partial charge >= 0.3 is 0 Å². The molecular weight excluding hydrogens is 216 g/mol. The molecule has 1 unspecified atom stereocenters. The summed E-state index contributed by atoms with van der Waals surface area (Å²) in [6.45, 7) is 1.81. The zero-order valence-corrected chi connectivity index (χ0v) is 9.79. The standard InChI is InChI=1S/C14H12OS/c1-9(15)13-8-12-6-10-4-2-3-5-11(10)7-14(12)16-13/h2-9,15H,1H3. The third kappa shape index (κ3) is 1.51. The molecule has 0 radical (unpaired) electrons. The second kappa shape index (κ2) is 3.58. The van der Waals surface area contributed by atoms with E-state index < -0.39 is 0 Å². The molecule has 3 aromatic rings. The maximum absolute atomic E-state index is 9.57. The van der Waals surface area contributed by atoms with Crippen LogP contribution in [0.15, 0.2) is 42.5 Å². The number of thiophene rings is 1. The lowest BCUT2D eigenvalue weighted by Crippen LogP contribution is -1.83. The van der Waals surface area contributed by atoms with Crippen molar-refractivity contribution in [1.82, 2.24) is 0 Å². The maximum Gasteiger partial charge on any atom is 0.0854 e. The zero-order valence-electron chi connectivity index (χ0n) is 8.97. The second-order valence-corrected chi connectivity index (χ2v) is 5.18. The molecule has 80 valence electrons. The molecule has 1 nitrogen and oxygen atoms in total. The second-order valence-electron chi connectivity index (χ2n) is 4.06. The quantitative estimate of drug-likeness (QED) is 0.664. The van der Waals surface area contributed by atoms with Gasteiger partial charge in [-0.15, -0.1) is 11.3 Å². The van der Waals surface area contributed by atoms with Crippen LogP contribution in [0.25, 0.3) is 20.9 Å². The van der Waals surface area contributed by atoms with Gasteiger partial charge in [0.05, 0.1) is 6.10 Å². The maximum atomic E-state index is 9.57. The first kappa shape index (κ1) is 9.82. The monoisotopic (exact) mass is 228 g/mol. The fraction of sp³-hybridized carbons (Fsp3) is 0.143. The Kier molecular flexibility index (Phi) is 2.20. The van der Waals surface area contributed by atoms with Gasteiger partial charge in [-0.25, -0.2) is 0 Å². The van der Waals surface area contributed by atoms with Crippen molar-refractivity contribution >= 4 is 32.2 Å². The fourth-order valence-corrected chi connectivity index (χ4v) is 2.99. The summed E-state index contributed by atoms with van der Waals surface area (Å²) >= 11 is 1.67. The highest BCUT2D eigenvalue weighted by Gasteiger charge is 2.07. The van der Waals surface area contributed by atoms with Crippen LogP contribution in [0, 0.1) is 0 Å². The van der Waals surface area contributed by atoms with E-state index in [-0.39, 0.29) is 6.10 Å². The van der Waals surface area contributed by atoms with Crippen molar-refractivity contribution in [3.05, 3.63) is 47.3 Å². The molecule has 1 N–H and O–H groups in total. The van der Waals surface area contributed by atoms with Crippen molar-refractivity contribution in [3.63, 3.8) is 0 Å². The minimum Gasteiger partial charge on any atom is -0.388 e. The fourth-order valence-electron chi connectivity index (χ4n) is 1.95. The first-order valence-corrected chi connectivity index (χ1v) is 6.16. The Balaban J connectivity index is 2.34. The summed E-state index contributed by atoms with van der Waals surface area (Å²) in [6.07, 6.45) is -0.375. The SMILES string of the molecule is CC(O)c1cc2cc3ccccc3cc2s1. The molecule has 0 spiro atoms. The first-order chi connectivity index (χ1) is 7.74. The molecule has 0 saturated carbocycles. The van der Waals surface area contributed by atoms with E-state index in [1.165, 1.54) is 20.9 Å². The number of fused-ring (bicyclic) bond motifs is 2. The van der Waals surface area contributed by atoms with E-state index in [4.69, 9.17) is 0 Å². The van der Waals surface area contributed by atoms with Gasteiger partial charge in [-0.2, -0.15) is 0 Å². The summed E-state index contributed by atoms with van der Waals surface area (Å²) in [6, 6.07) is 14.8. The average Bonchev–Trinajstić information content (AvgIpc) is 2.68. The van der Waals surface area contributed by atoms with Crippen LogP contribution in [0.5, 0.6) is 0 Å². The zero-order chi connectivity index (χ0) is 11.1. The summed E-state index contributed by atoms with van der Waals surface area (Å²) < 4.78 is 1.25. The predicted octanol–water partition coefficient (Wildman–Crippen LogP) is 4.11. The summed E-state index contributed by atoms with van der Waals surface area (Å²) in [5.41, 5.74) is 0. The Morgan fingerprint density at radius 3 is 2.38 bits per heavy atom. The normalized spacial score (nSPS) is 13.4. The number of hydrogen-bond donors (Lipinski definition) is 1. The van der Waals surface area contributed by atoms with E-state index in [1.54, 1.807) is 11.3 Å². The van der Waals surface area contributed by atoms with Crippen LogP contribution < -0.4 is 0 Å². The van der Waals surface area contributed by atoms with Gasteiger partial charge in [0.1, 0.15) is 0 Å². The van der Waals surface area contributed by atoms with E-state index in [0.717, 1.165) is 4.88 Å². The lowest BCUT2D eigenvalue weighted by molar-refractivity contribution is 0.203. The van der Waals surface area contributed by atoms with Crippen molar-refractivity contribution in [2.45, 2.75) is 13.0 Å². The van der Waals surface area contributed by atoms with Gasteiger partial charge in [0.2, 0.25) is 0 Å². The van der Waals surface area contributed by atoms with Crippen LogP contribution in [-0.4, -0.2) is 5.11 Å². The molecule has 0 amide bonds. The number of aliphatic hydroxyl groups is 1. The van der Waals surface area contributed by atoms with Crippen LogP contribution in [0.3, 0.4) is 0 Å². The summed E-state index contributed by atoms with van der Waals surface area (Å²) in [5.74, 6) is 0. The predicted molar refractivity (Wildman–Crippen MR) is 70.0 cm³/mol. The van der Waals surface area contributed by atoms with Crippen molar-refractivity contribution in [3.8, 4) is 0 Å². The van der Waals surface area contributed by atoms with Crippen molar-refractivity contribution in [2.24, 2.45) is 0 Å². The van der Waals surface area contributed by atoms with Gasteiger partial charge < -0.3 is 5.11 Å². The number of hydrogen-bond acceptors (Lipinski definition) is 2. The lowest BCUT2D eigenvalue weighted by Gasteiger charge is -1.96. The minimum absolute atomic E-state index is 0.375. The van der Waals surface area contributed by atoms with Gasteiger partial charge in [0, 0.05) is 9.58 Å².